The molecule has 0 bridgehead atoms. The molecular weight excluding hydrogens is 286 g/mol. The number of benzene rings is 2. The number of methoxy groups -OCH3 is 1. The quantitative estimate of drug-likeness (QED) is 0.802. The van der Waals surface area contributed by atoms with E-state index in [1.807, 2.05) is 42.5 Å². The van der Waals surface area contributed by atoms with Crippen molar-refractivity contribution in [3.05, 3.63) is 59.2 Å². The van der Waals surface area contributed by atoms with Crippen molar-refractivity contribution in [2.45, 2.75) is 13.2 Å². The van der Waals surface area contributed by atoms with Crippen LogP contribution < -0.4 is 15.2 Å². The van der Waals surface area contributed by atoms with Crippen LogP contribution in [0.2, 0.25) is 0 Å². The van der Waals surface area contributed by atoms with Gasteiger partial charge in [0.25, 0.3) is 0 Å². The molecule has 5 heteroatoms. The first kappa shape index (κ1) is 15.3. The van der Waals surface area contributed by atoms with Crippen molar-refractivity contribution < 1.29 is 14.6 Å². The molecule has 110 valence electrons. The normalized spacial score (nSPS) is 10.2. The number of aliphatic hydroxyl groups excluding tert-OH is 1. The van der Waals surface area contributed by atoms with Gasteiger partial charge in [0.1, 0.15) is 23.1 Å². The lowest BCUT2D eigenvalue weighted by molar-refractivity contribution is 0.280. The summed E-state index contributed by atoms with van der Waals surface area (Å²) in [6, 6.07) is 12.9. The average molecular weight is 303 g/mol. The van der Waals surface area contributed by atoms with Crippen molar-refractivity contribution in [1.82, 2.24) is 0 Å². The second-order valence-corrected chi connectivity index (χ2v) is 4.93. The summed E-state index contributed by atoms with van der Waals surface area (Å²) in [5.74, 6) is 1.39. The van der Waals surface area contributed by atoms with Gasteiger partial charge in [-0.2, -0.15) is 0 Å². The Bertz CT molecular complexity index is 626. The molecule has 0 saturated carbocycles. The van der Waals surface area contributed by atoms with Gasteiger partial charge < -0.3 is 20.3 Å². The summed E-state index contributed by atoms with van der Waals surface area (Å²) in [7, 11) is 1.58. The van der Waals surface area contributed by atoms with Crippen LogP contribution in [0.1, 0.15) is 16.7 Å². The van der Waals surface area contributed by atoms with Gasteiger partial charge in [-0.05, 0) is 35.4 Å². The van der Waals surface area contributed by atoms with Crippen LogP contribution in [0.5, 0.6) is 11.5 Å². The van der Waals surface area contributed by atoms with Crippen LogP contribution in [0.25, 0.3) is 0 Å². The first-order valence-electron chi connectivity index (χ1n) is 6.43. The number of thiocarbonyl (C=S) groups is 1. The monoisotopic (exact) mass is 303 g/mol. The Labute approximate surface area is 129 Å². The molecule has 0 aliphatic heterocycles. The summed E-state index contributed by atoms with van der Waals surface area (Å²) in [5, 5.41) is 8.99. The SMILES string of the molecule is COc1ccc(COc2ccc(CO)cc2)cc1C(N)=S. The minimum Gasteiger partial charge on any atom is -0.496 e. The van der Waals surface area contributed by atoms with Gasteiger partial charge >= 0.3 is 0 Å². The first-order valence-corrected chi connectivity index (χ1v) is 6.84. The van der Waals surface area contributed by atoms with Gasteiger partial charge in [0.15, 0.2) is 0 Å². The first-order chi connectivity index (χ1) is 10.1. The van der Waals surface area contributed by atoms with Crippen LogP contribution in [0.4, 0.5) is 0 Å². The van der Waals surface area contributed by atoms with Gasteiger partial charge in [-0.1, -0.05) is 30.4 Å². The van der Waals surface area contributed by atoms with Crippen LogP contribution in [-0.2, 0) is 13.2 Å². The Morgan fingerprint density at radius 2 is 1.81 bits per heavy atom. The van der Waals surface area contributed by atoms with Gasteiger partial charge in [-0.3, -0.25) is 0 Å². The van der Waals surface area contributed by atoms with Crippen molar-refractivity contribution in [1.29, 1.82) is 0 Å². The minimum absolute atomic E-state index is 0.0239. The molecule has 21 heavy (non-hydrogen) atoms. The Kier molecular flexibility index (Phi) is 5.14. The number of ether oxygens (including phenoxy) is 2. The predicted octanol–water partition coefficient (Wildman–Crippen LogP) is 2.40. The largest absolute Gasteiger partial charge is 0.496 e. The van der Waals surface area contributed by atoms with E-state index in [0.717, 1.165) is 16.9 Å². The highest BCUT2D eigenvalue weighted by molar-refractivity contribution is 7.80. The maximum absolute atomic E-state index is 8.99. The van der Waals surface area contributed by atoms with E-state index in [0.29, 0.717) is 22.9 Å². The molecule has 0 saturated heterocycles. The molecule has 0 atom stereocenters. The maximum atomic E-state index is 8.99. The topological polar surface area (TPSA) is 64.7 Å². The zero-order valence-corrected chi connectivity index (χ0v) is 12.5. The van der Waals surface area contributed by atoms with Gasteiger partial charge in [-0.25, -0.2) is 0 Å². The maximum Gasteiger partial charge on any atom is 0.129 e. The van der Waals surface area contributed by atoms with Crippen LogP contribution in [0.15, 0.2) is 42.5 Å². The number of rotatable bonds is 6. The second kappa shape index (κ2) is 7.06. The number of aliphatic hydroxyl groups is 1. The molecular formula is C16H17NO3S. The number of nitrogens with two attached hydrogens (primary N) is 1. The Morgan fingerprint density at radius 1 is 1.14 bits per heavy atom. The molecule has 0 heterocycles. The van der Waals surface area contributed by atoms with Crippen LogP contribution in [0, 0.1) is 0 Å². The van der Waals surface area contributed by atoms with Crippen molar-refractivity contribution in [3.63, 3.8) is 0 Å². The summed E-state index contributed by atoms with van der Waals surface area (Å²) in [6.07, 6.45) is 0. The highest BCUT2D eigenvalue weighted by Gasteiger charge is 2.07. The fourth-order valence-electron chi connectivity index (χ4n) is 1.90. The average Bonchev–Trinajstić information content (AvgIpc) is 2.53. The zero-order chi connectivity index (χ0) is 15.2. The van der Waals surface area contributed by atoms with Crippen LogP contribution >= 0.6 is 12.2 Å². The van der Waals surface area contributed by atoms with E-state index in [1.165, 1.54) is 0 Å². The zero-order valence-electron chi connectivity index (χ0n) is 11.7. The standard InChI is InChI=1S/C16H17NO3S/c1-19-15-7-4-12(8-14(15)16(17)21)10-20-13-5-2-11(9-18)3-6-13/h2-8,18H,9-10H2,1H3,(H2,17,21). The third-order valence-corrected chi connectivity index (χ3v) is 3.26. The van der Waals surface area contributed by atoms with Gasteiger partial charge in [-0.15, -0.1) is 0 Å². The molecule has 0 aliphatic carbocycles. The van der Waals surface area contributed by atoms with E-state index in [2.05, 4.69) is 0 Å². The molecule has 0 aromatic heterocycles. The Hall–Kier alpha value is -2.11. The number of hydrogen-bond donors (Lipinski definition) is 2. The van der Waals surface area contributed by atoms with Crippen molar-refractivity contribution in [2.24, 2.45) is 5.73 Å². The fourth-order valence-corrected chi connectivity index (χ4v) is 2.05. The summed E-state index contributed by atoms with van der Waals surface area (Å²) >= 11 is 5.01. The lowest BCUT2D eigenvalue weighted by Gasteiger charge is -2.11. The van der Waals surface area contributed by atoms with E-state index < -0.39 is 0 Å². The Morgan fingerprint density at radius 3 is 2.38 bits per heavy atom. The van der Waals surface area contributed by atoms with E-state index in [-0.39, 0.29) is 6.61 Å². The van der Waals surface area contributed by atoms with Crippen LogP contribution in [-0.4, -0.2) is 17.2 Å². The van der Waals surface area contributed by atoms with E-state index in [9.17, 15) is 0 Å². The summed E-state index contributed by atoms with van der Waals surface area (Å²) in [6.45, 7) is 0.425. The molecule has 0 aliphatic rings. The number of hydrogen-bond acceptors (Lipinski definition) is 4. The highest BCUT2D eigenvalue weighted by atomic mass is 32.1. The fraction of sp³-hybridized carbons (Fsp3) is 0.188. The molecule has 0 radical (unpaired) electrons. The summed E-state index contributed by atoms with van der Waals surface area (Å²) in [5.41, 5.74) is 8.18. The molecule has 0 fully saturated rings. The third kappa shape index (κ3) is 3.93. The van der Waals surface area contributed by atoms with Crippen molar-refractivity contribution >= 4 is 17.2 Å². The molecule has 2 aromatic carbocycles. The molecule has 4 nitrogen and oxygen atoms in total. The van der Waals surface area contributed by atoms with Gasteiger partial charge in [0, 0.05) is 0 Å². The molecule has 2 aromatic rings. The van der Waals surface area contributed by atoms with Crippen LogP contribution in [0.3, 0.4) is 0 Å². The van der Waals surface area contributed by atoms with Crippen molar-refractivity contribution in [2.75, 3.05) is 7.11 Å². The molecule has 0 unspecified atom stereocenters. The Balaban J connectivity index is 2.08. The highest BCUT2D eigenvalue weighted by Crippen LogP contribution is 2.21. The van der Waals surface area contributed by atoms with E-state index in [1.54, 1.807) is 7.11 Å². The van der Waals surface area contributed by atoms with E-state index in [4.69, 9.17) is 32.5 Å². The second-order valence-electron chi connectivity index (χ2n) is 4.49. The molecule has 3 N–H and O–H groups in total. The molecule has 0 spiro atoms. The predicted molar refractivity (Wildman–Crippen MR) is 85.6 cm³/mol. The third-order valence-electron chi connectivity index (χ3n) is 3.04. The minimum atomic E-state index is 0.0239. The van der Waals surface area contributed by atoms with E-state index >= 15 is 0 Å². The summed E-state index contributed by atoms with van der Waals surface area (Å²) < 4.78 is 10.9. The van der Waals surface area contributed by atoms with Gasteiger partial charge in [0.2, 0.25) is 0 Å². The molecule has 0 amide bonds. The lowest BCUT2D eigenvalue weighted by atomic mass is 10.1. The lowest BCUT2D eigenvalue weighted by Crippen LogP contribution is -2.12. The van der Waals surface area contributed by atoms with Crippen molar-refractivity contribution in [3.8, 4) is 11.5 Å². The summed E-state index contributed by atoms with van der Waals surface area (Å²) in [4.78, 5) is 0.293. The smallest absolute Gasteiger partial charge is 0.129 e. The van der Waals surface area contributed by atoms with Gasteiger partial charge in [0.05, 0.1) is 19.3 Å². The molecule has 2 rings (SSSR count).